The Hall–Kier alpha value is -2.45. The maximum atomic E-state index is 12.6. The van der Waals surface area contributed by atoms with E-state index in [1.807, 2.05) is 0 Å². The summed E-state index contributed by atoms with van der Waals surface area (Å²) in [5.74, 6) is -0.0940. The highest BCUT2D eigenvalue weighted by Gasteiger charge is 2.33. The van der Waals surface area contributed by atoms with Crippen molar-refractivity contribution < 1.29 is 18.8 Å². The number of hydrogen-bond acceptors (Lipinski definition) is 7. The van der Waals surface area contributed by atoms with E-state index in [0.29, 0.717) is 40.5 Å². The second kappa shape index (κ2) is 9.78. The smallest absolute Gasteiger partial charge is 0.337 e. The van der Waals surface area contributed by atoms with Gasteiger partial charge in [-0.05, 0) is 68.5 Å². The molecule has 2 saturated heterocycles. The highest BCUT2D eigenvalue weighted by atomic mass is 35.5. The lowest BCUT2D eigenvalue weighted by Crippen LogP contribution is -2.51. The summed E-state index contributed by atoms with van der Waals surface area (Å²) in [6.45, 7) is 2.95. The average molecular weight is 447 g/mol. The first-order valence-corrected chi connectivity index (χ1v) is 11.1. The number of ether oxygens (including phenoxy) is 1. The standard InChI is InChI=1S/C22H27ClN4O4/c1-30-22(29)14-7-8-17(23)16(11-14)12-19-25-21(31-26-19)20(28)24-13-15-5-4-10-27-9-3-2-6-18(15)27/h7-8,11,15,18H,2-6,9-10,12-13H2,1H3,(H,24,28)/t15-,18+/m1/s1. The number of carbonyl (C=O) groups excluding carboxylic acids is 2. The van der Waals surface area contributed by atoms with Crippen LogP contribution in [0, 0.1) is 5.92 Å². The minimum atomic E-state index is -0.453. The molecule has 0 aliphatic carbocycles. The van der Waals surface area contributed by atoms with Crippen molar-refractivity contribution in [2.45, 2.75) is 44.6 Å². The van der Waals surface area contributed by atoms with Gasteiger partial charge in [-0.1, -0.05) is 23.2 Å². The van der Waals surface area contributed by atoms with Crippen LogP contribution in [0.15, 0.2) is 22.7 Å². The van der Waals surface area contributed by atoms with Crippen molar-refractivity contribution in [2.24, 2.45) is 5.92 Å². The number of piperidine rings is 2. The van der Waals surface area contributed by atoms with Gasteiger partial charge >= 0.3 is 17.8 Å². The van der Waals surface area contributed by atoms with Crippen LogP contribution in [0.3, 0.4) is 0 Å². The number of benzene rings is 1. The number of methoxy groups -OCH3 is 1. The van der Waals surface area contributed by atoms with Gasteiger partial charge < -0.3 is 19.5 Å². The van der Waals surface area contributed by atoms with E-state index in [9.17, 15) is 9.59 Å². The summed E-state index contributed by atoms with van der Waals surface area (Å²) in [5, 5.41) is 7.34. The zero-order chi connectivity index (χ0) is 21.8. The van der Waals surface area contributed by atoms with Crippen molar-refractivity contribution in [3.8, 4) is 0 Å². The first-order chi connectivity index (χ1) is 15.0. The van der Waals surface area contributed by atoms with Gasteiger partial charge in [0.1, 0.15) is 0 Å². The van der Waals surface area contributed by atoms with Crippen molar-refractivity contribution in [1.82, 2.24) is 20.4 Å². The van der Waals surface area contributed by atoms with Gasteiger partial charge in [-0.2, -0.15) is 4.98 Å². The van der Waals surface area contributed by atoms with Gasteiger partial charge in [0.05, 0.1) is 12.7 Å². The quantitative estimate of drug-likeness (QED) is 0.681. The van der Waals surface area contributed by atoms with Gasteiger partial charge in [0.2, 0.25) is 0 Å². The number of nitrogens with one attached hydrogen (secondary N) is 1. The molecule has 1 amide bonds. The van der Waals surface area contributed by atoms with Crippen LogP contribution < -0.4 is 5.32 Å². The molecule has 1 N–H and O–H groups in total. The van der Waals surface area contributed by atoms with Crippen LogP contribution in [0.25, 0.3) is 0 Å². The lowest BCUT2D eigenvalue weighted by atomic mass is 9.83. The molecule has 0 spiro atoms. The van der Waals surface area contributed by atoms with E-state index >= 15 is 0 Å². The highest BCUT2D eigenvalue weighted by Crippen LogP contribution is 2.30. The number of nitrogens with zero attached hydrogens (tertiary/aromatic N) is 3. The van der Waals surface area contributed by atoms with Crippen LogP contribution in [-0.2, 0) is 11.2 Å². The van der Waals surface area contributed by atoms with Gasteiger partial charge in [-0.15, -0.1) is 0 Å². The first kappa shape index (κ1) is 21.8. The van der Waals surface area contributed by atoms with E-state index in [1.54, 1.807) is 18.2 Å². The Morgan fingerprint density at radius 3 is 2.94 bits per heavy atom. The molecule has 8 nitrogen and oxygen atoms in total. The summed E-state index contributed by atoms with van der Waals surface area (Å²) in [7, 11) is 1.32. The van der Waals surface area contributed by atoms with Crippen LogP contribution in [0.2, 0.25) is 5.02 Å². The summed E-state index contributed by atoms with van der Waals surface area (Å²) in [6.07, 6.45) is 6.28. The third-order valence-electron chi connectivity index (χ3n) is 6.23. The Morgan fingerprint density at radius 1 is 1.26 bits per heavy atom. The van der Waals surface area contributed by atoms with E-state index in [2.05, 4.69) is 20.4 Å². The Labute approximate surface area is 186 Å². The molecule has 3 heterocycles. The van der Waals surface area contributed by atoms with E-state index in [-0.39, 0.29) is 18.2 Å². The fraction of sp³-hybridized carbons (Fsp3) is 0.545. The Kier molecular flexibility index (Phi) is 6.87. The normalized spacial score (nSPS) is 21.4. The van der Waals surface area contributed by atoms with Gasteiger partial charge in [0, 0.05) is 24.0 Å². The molecular formula is C22H27ClN4O4. The van der Waals surface area contributed by atoms with Crippen LogP contribution in [0.1, 0.15) is 64.5 Å². The fourth-order valence-corrected chi connectivity index (χ4v) is 4.84. The number of amides is 1. The molecule has 166 valence electrons. The molecule has 2 aromatic rings. The third kappa shape index (κ3) is 5.07. The van der Waals surface area contributed by atoms with E-state index in [0.717, 1.165) is 6.42 Å². The maximum Gasteiger partial charge on any atom is 0.337 e. The molecule has 9 heteroatoms. The van der Waals surface area contributed by atoms with Gasteiger partial charge in [0.25, 0.3) is 0 Å². The lowest BCUT2D eigenvalue weighted by Gasteiger charge is -2.44. The van der Waals surface area contributed by atoms with Gasteiger partial charge in [-0.3, -0.25) is 4.79 Å². The molecule has 2 atom stereocenters. The SMILES string of the molecule is COC(=O)c1ccc(Cl)c(Cc2noc(C(=O)NC[C@H]3CCCN4CCCC[C@@H]34)n2)c1. The highest BCUT2D eigenvalue weighted by molar-refractivity contribution is 6.31. The van der Waals surface area contributed by atoms with Crippen molar-refractivity contribution in [2.75, 3.05) is 26.7 Å². The molecule has 0 bridgehead atoms. The Bertz CT molecular complexity index is 945. The predicted molar refractivity (Wildman–Crippen MR) is 114 cm³/mol. The number of fused-ring (bicyclic) bond motifs is 1. The maximum absolute atomic E-state index is 12.6. The minimum Gasteiger partial charge on any atom is -0.465 e. The van der Waals surface area contributed by atoms with Gasteiger partial charge in [0.15, 0.2) is 5.82 Å². The van der Waals surface area contributed by atoms with Crippen molar-refractivity contribution in [1.29, 1.82) is 0 Å². The molecule has 2 aliphatic heterocycles. The molecule has 0 saturated carbocycles. The predicted octanol–water partition coefficient (Wildman–Crippen LogP) is 3.09. The number of rotatable bonds is 6. The summed E-state index contributed by atoms with van der Waals surface area (Å²) in [6, 6.07) is 5.40. The van der Waals surface area contributed by atoms with Crippen LogP contribution in [-0.4, -0.2) is 59.7 Å². The van der Waals surface area contributed by atoms with Crippen LogP contribution >= 0.6 is 11.6 Å². The van der Waals surface area contributed by atoms with Crippen LogP contribution in [0.5, 0.6) is 0 Å². The summed E-state index contributed by atoms with van der Waals surface area (Å²) >= 11 is 6.23. The summed E-state index contributed by atoms with van der Waals surface area (Å²) in [5.41, 5.74) is 1.03. The molecule has 2 aliphatic rings. The monoisotopic (exact) mass is 446 g/mol. The van der Waals surface area contributed by atoms with Crippen molar-refractivity contribution in [3.63, 3.8) is 0 Å². The second-order valence-electron chi connectivity index (χ2n) is 8.20. The number of carbonyl (C=O) groups is 2. The van der Waals surface area contributed by atoms with Crippen molar-refractivity contribution in [3.05, 3.63) is 46.1 Å². The Balaban J connectivity index is 1.36. The number of hydrogen-bond donors (Lipinski definition) is 1. The largest absolute Gasteiger partial charge is 0.465 e. The zero-order valence-corrected chi connectivity index (χ0v) is 18.4. The minimum absolute atomic E-state index is 0.0634. The summed E-state index contributed by atoms with van der Waals surface area (Å²) < 4.78 is 9.90. The lowest BCUT2D eigenvalue weighted by molar-refractivity contribution is 0.0569. The summed E-state index contributed by atoms with van der Waals surface area (Å²) in [4.78, 5) is 31.1. The number of halogens is 1. The molecule has 0 unspecified atom stereocenters. The first-order valence-electron chi connectivity index (χ1n) is 10.8. The third-order valence-corrected chi connectivity index (χ3v) is 6.60. The molecule has 1 aromatic carbocycles. The van der Waals surface area contributed by atoms with Crippen LogP contribution in [0.4, 0.5) is 0 Å². The topological polar surface area (TPSA) is 97.6 Å². The molecule has 31 heavy (non-hydrogen) atoms. The van der Waals surface area contributed by atoms with E-state index < -0.39 is 5.97 Å². The van der Waals surface area contributed by atoms with E-state index in [4.69, 9.17) is 20.9 Å². The second-order valence-corrected chi connectivity index (χ2v) is 8.61. The number of esters is 1. The molecule has 2 fully saturated rings. The van der Waals surface area contributed by atoms with Gasteiger partial charge in [-0.25, -0.2) is 4.79 Å². The molecule has 0 radical (unpaired) electrons. The molecule has 4 rings (SSSR count). The Morgan fingerprint density at radius 2 is 2.10 bits per heavy atom. The van der Waals surface area contributed by atoms with Crippen molar-refractivity contribution >= 4 is 23.5 Å². The molecule has 1 aromatic heterocycles. The average Bonchev–Trinajstić information content (AvgIpc) is 3.27. The zero-order valence-electron chi connectivity index (χ0n) is 17.6. The van der Waals surface area contributed by atoms with E-state index in [1.165, 1.54) is 45.9 Å². The molecular weight excluding hydrogens is 420 g/mol. The number of aromatic nitrogens is 2. The fourth-order valence-electron chi connectivity index (χ4n) is 4.66.